The van der Waals surface area contributed by atoms with Gasteiger partial charge >= 0.3 is 5.97 Å². The highest BCUT2D eigenvalue weighted by molar-refractivity contribution is 5.93. The van der Waals surface area contributed by atoms with Crippen LogP contribution in [0.2, 0.25) is 0 Å². The fraction of sp³-hybridized carbons (Fsp3) is 0.160. The molecule has 0 bridgehead atoms. The summed E-state index contributed by atoms with van der Waals surface area (Å²) in [5.41, 5.74) is 11.1. The van der Waals surface area contributed by atoms with Crippen LogP contribution in [0.1, 0.15) is 16.7 Å². The third-order valence-corrected chi connectivity index (χ3v) is 5.09. The van der Waals surface area contributed by atoms with Gasteiger partial charge in [0.2, 0.25) is 0 Å². The Kier molecular flexibility index (Phi) is 5.91. The quantitative estimate of drug-likeness (QED) is 0.429. The van der Waals surface area contributed by atoms with E-state index in [0.29, 0.717) is 23.6 Å². The van der Waals surface area contributed by atoms with Crippen molar-refractivity contribution in [2.45, 2.75) is 19.6 Å². The van der Waals surface area contributed by atoms with E-state index in [1.165, 1.54) is 0 Å². The molecule has 0 radical (unpaired) electrons. The van der Waals surface area contributed by atoms with Crippen LogP contribution in [0.4, 0.5) is 0 Å². The summed E-state index contributed by atoms with van der Waals surface area (Å²) < 4.78 is 17.0. The number of rotatable bonds is 8. The lowest BCUT2D eigenvalue weighted by atomic mass is 9.99. The molecule has 0 aliphatic carbocycles. The third kappa shape index (κ3) is 4.54. The number of benzene rings is 3. The van der Waals surface area contributed by atoms with Crippen molar-refractivity contribution >= 4 is 16.9 Å². The number of nitrogens with two attached hydrogens (primary N) is 1. The number of hydrogen-bond donors (Lipinski definition) is 2. The molecule has 1 heterocycles. The molecule has 0 unspecified atom stereocenters. The predicted octanol–water partition coefficient (Wildman–Crippen LogP) is 4.77. The lowest BCUT2D eigenvalue weighted by Gasteiger charge is -2.13. The highest BCUT2D eigenvalue weighted by Crippen LogP contribution is 2.32. The summed E-state index contributed by atoms with van der Waals surface area (Å²) in [6.45, 7) is 0.741. The molecule has 6 nitrogen and oxygen atoms in total. The molecule has 4 aromatic rings. The molecule has 4 rings (SSSR count). The van der Waals surface area contributed by atoms with Crippen molar-refractivity contribution in [3.8, 4) is 22.6 Å². The lowest BCUT2D eigenvalue weighted by molar-refractivity contribution is -0.136. The van der Waals surface area contributed by atoms with Crippen molar-refractivity contribution in [1.82, 2.24) is 0 Å². The molecule has 0 amide bonds. The zero-order chi connectivity index (χ0) is 21.8. The number of carboxylic acids is 1. The van der Waals surface area contributed by atoms with Crippen LogP contribution in [-0.4, -0.2) is 18.2 Å². The van der Waals surface area contributed by atoms with E-state index in [1.54, 1.807) is 31.6 Å². The molecule has 0 saturated carbocycles. The summed E-state index contributed by atoms with van der Waals surface area (Å²) in [6.07, 6.45) is 1.52. The number of furan rings is 1. The number of carboxylic acid groups (broad SMARTS) is 1. The van der Waals surface area contributed by atoms with E-state index in [0.717, 1.165) is 33.2 Å². The maximum Gasteiger partial charge on any atom is 0.307 e. The van der Waals surface area contributed by atoms with Gasteiger partial charge in [-0.15, -0.1) is 0 Å². The van der Waals surface area contributed by atoms with Crippen LogP contribution in [0, 0.1) is 0 Å². The summed E-state index contributed by atoms with van der Waals surface area (Å²) in [5.74, 6) is 0.174. The number of hydrogen-bond acceptors (Lipinski definition) is 5. The number of carbonyl (C=O) groups is 1. The molecule has 1 aromatic heterocycles. The first kappa shape index (κ1) is 20.5. The van der Waals surface area contributed by atoms with Gasteiger partial charge in [-0.1, -0.05) is 18.2 Å². The molecule has 0 fully saturated rings. The molecular weight excluding hydrogens is 394 g/mol. The van der Waals surface area contributed by atoms with Gasteiger partial charge in [0, 0.05) is 23.1 Å². The van der Waals surface area contributed by atoms with Crippen LogP contribution < -0.4 is 15.2 Å². The van der Waals surface area contributed by atoms with Crippen LogP contribution in [0.25, 0.3) is 22.1 Å². The van der Waals surface area contributed by atoms with Crippen molar-refractivity contribution in [2.24, 2.45) is 5.73 Å². The maximum absolute atomic E-state index is 11.2. The van der Waals surface area contributed by atoms with Crippen molar-refractivity contribution < 1.29 is 23.8 Å². The Hall–Kier alpha value is -3.77. The first-order valence-electron chi connectivity index (χ1n) is 9.88. The van der Waals surface area contributed by atoms with Gasteiger partial charge in [-0.25, -0.2) is 0 Å². The van der Waals surface area contributed by atoms with Gasteiger partial charge in [0.25, 0.3) is 0 Å². The normalized spacial score (nSPS) is 10.9. The van der Waals surface area contributed by atoms with Crippen molar-refractivity contribution in [3.63, 3.8) is 0 Å². The van der Waals surface area contributed by atoms with Crippen LogP contribution >= 0.6 is 0 Å². The van der Waals surface area contributed by atoms with Gasteiger partial charge in [0.1, 0.15) is 23.7 Å². The molecule has 158 valence electrons. The smallest absolute Gasteiger partial charge is 0.307 e. The van der Waals surface area contributed by atoms with Crippen LogP contribution in [-0.2, 0) is 24.4 Å². The molecule has 31 heavy (non-hydrogen) atoms. The van der Waals surface area contributed by atoms with E-state index in [2.05, 4.69) is 6.07 Å². The van der Waals surface area contributed by atoms with Gasteiger partial charge < -0.3 is 24.7 Å². The number of ether oxygens (including phenoxy) is 2. The molecule has 0 atom stereocenters. The largest absolute Gasteiger partial charge is 0.497 e. The Morgan fingerprint density at radius 3 is 2.71 bits per heavy atom. The molecule has 0 aliphatic rings. The van der Waals surface area contributed by atoms with Gasteiger partial charge in [-0.2, -0.15) is 0 Å². The Bertz CT molecular complexity index is 1230. The van der Waals surface area contributed by atoms with E-state index in [4.69, 9.17) is 19.6 Å². The van der Waals surface area contributed by atoms with E-state index in [-0.39, 0.29) is 13.0 Å². The van der Waals surface area contributed by atoms with E-state index >= 15 is 0 Å². The summed E-state index contributed by atoms with van der Waals surface area (Å²) in [5, 5.41) is 10.2. The molecule has 3 N–H and O–H groups in total. The highest BCUT2D eigenvalue weighted by Gasteiger charge is 2.13. The second-order valence-electron chi connectivity index (χ2n) is 7.22. The zero-order valence-corrected chi connectivity index (χ0v) is 17.1. The Morgan fingerprint density at radius 1 is 1.06 bits per heavy atom. The molecular formula is C25H23NO5. The standard InChI is InChI=1S/C25H23NO5/c1-29-21-5-6-23(20(12-21)13-24(27)28)31-15-17-10-19-7-8-30-25(19)22(11-17)18-4-2-3-16(9-18)14-26/h2-12H,13-15,26H2,1H3,(H,27,28). The minimum Gasteiger partial charge on any atom is -0.497 e. The number of aliphatic carboxylic acids is 1. The van der Waals surface area contributed by atoms with Gasteiger partial charge in [0.05, 0.1) is 19.8 Å². The van der Waals surface area contributed by atoms with E-state index in [9.17, 15) is 9.90 Å². The molecule has 6 heteroatoms. The highest BCUT2D eigenvalue weighted by atomic mass is 16.5. The Balaban J connectivity index is 1.66. The second kappa shape index (κ2) is 8.93. The SMILES string of the molecule is COc1ccc(OCc2cc(-c3cccc(CN)c3)c3occc3c2)c(CC(=O)O)c1. The topological polar surface area (TPSA) is 94.9 Å². The molecule has 0 spiro atoms. The predicted molar refractivity (Wildman–Crippen MR) is 118 cm³/mol. The fourth-order valence-corrected chi connectivity index (χ4v) is 3.59. The summed E-state index contributed by atoms with van der Waals surface area (Å²) >= 11 is 0. The molecule has 0 aliphatic heterocycles. The van der Waals surface area contributed by atoms with Crippen molar-refractivity contribution in [1.29, 1.82) is 0 Å². The Morgan fingerprint density at radius 2 is 1.94 bits per heavy atom. The average Bonchev–Trinajstić information content (AvgIpc) is 3.26. The fourth-order valence-electron chi connectivity index (χ4n) is 3.59. The van der Waals surface area contributed by atoms with Crippen molar-refractivity contribution in [2.75, 3.05) is 7.11 Å². The van der Waals surface area contributed by atoms with Crippen LogP contribution in [0.15, 0.2) is 71.3 Å². The first-order chi connectivity index (χ1) is 15.1. The maximum atomic E-state index is 11.2. The minimum absolute atomic E-state index is 0.148. The Labute approximate surface area is 179 Å². The summed E-state index contributed by atoms with van der Waals surface area (Å²) in [7, 11) is 1.54. The van der Waals surface area contributed by atoms with Gasteiger partial charge in [-0.05, 0) is 59.2 Å². The van der Waals surface area contributed by atoms with Crippen molar-refractivity contribution in [3.05, 3.63) is 83.6 Å². The second-order valence-corrected chi connectivity index (χ2v) is 7.22. The van der Waals surface area contributed by atoms with Gasteiger partial charge in [0.15, 0.2) is 0 Å². The van der Waals surface area contributed by atoms with Gasteiger partial charge in [-0.3, -0.25) is 4.79 Å². The molecule has 3 aromatic carbocycles. The minimum atomic E-state index is -0.931. The summed E-state index contributed by atoms with van der Waals surface area (Å²) in [4.78, 5) is 11.2. The first-order valence-corrected chi connectivity index (χ1v) is 9.88. The lowest BCUT2D eigenvalue weighted by Crippen LogP contribution is -2.05. The number of methoxy groups -OCH3 is 1. The van der Waals surface area contributed by atoms with Crippen LogP contribution in [0.3, 0.4) is 0 Å². The molecule has 0 saturated heterocycles. The van der Waals surface area contributed by atoms with E-state index in [1.807, 2.05) is 36.4 Å². The third-order valence-electron chi connectivity index (χ3n) is 5.09. The van der Waals surface area contributed by atoms with E-state index < -0.39 is 5.97 Å². The van der Waals surface area contributed by atoms with Crippen LogP contribution in [0.5, 0.6) is 11.5 Å². The monoisotopic (exact) mass is 417 g/mol. The summed E-state index contributed by atoms with van der Waals surface area (Å²) in [6, 6.07) is 19.2. The average molecular weight is 417 g/mol. The number of fused-ring (bicyclic) bond motifs is 1. The zero-order valence-electron chi connectivity index (χ0n) is 17.1.